The summed E-state index contributed by atoms with van der Waals surface area (Å²) in [6.45, 7) is 6.19. The summed E-state index contributed by atoms with van der Waals surface area (Å²) in [4.78, 5) is 23.9. The van der Waals surface area contributed by atoms with E-state index in [1.807, 2.05) is 13.8 Å². The first-order chi connectivity index (χ1) is 9.46. The number of hydrogen-bond acceptors (Lipinski definition) is 4. The van der Waals surface area contributed by atoms with Crippen molar-refractivity contribution in [1.82, 2.24) is 5.32 Å². The fourth-order valence-corrected chi connectivity index (χ4v) is 4.92. The molecule has 1 aliphatic carbocycles. The summed E-state index contributed by atoms with van der Waals surface area (Å²) >= 11 is 0. The number of amides is 1. The Kier molecular flexibility index (Phi) is 2.58. The first-order valence-corrected chi connectivity index (χ1v) is 7.81. The molecule has 1 N–H and O–H groups in total. The second-order valence-corrected chi connectivity index (χ2v) is 7.26. The van der Waals surface area contributed by atoms with Crippen LogP contribution in [0.3, 0.4) is 0 Å². The van der Waals surface area contributed by atoms with E-state index < -0.39 is 11.4 Å². The number of nitrogens with one attached hydrogen (secondary N) is 1. The summed E-state index contributed by atoms with van der Waals surface area (Å²) in [5, 5.41) is 3.04. The maximum absolute atomic E-state index is 12.2. The number of ether oxygens (including phenoxy) is 1. The van der Waals surface area contributed by atoms with Gasteiger partial charge in [0, 0.05) is 18.3 Å². The highest BCUT2D eigenvalue weighted by molar-refractivity contribution is 5.80. The van der Waals surface area contributed by atoms with Crippen LogP contribution < -0.4 is 5.32 Å². The standard InChI is InChI=1S/C15H23NO4/c1-8-4-5-11-9(2)12(17)16-13-15(11)10(8)6-7-14(3,18-13)19-20-15/h8-11,13H,4-7H2,1-3H3,(H,16,17)/t8-,9-,10+,11+,13-,14+,15+/m1/s1. The Morgan fingerprint density at radius 3 is 2.75 bits per heavy atom. The second-order valence-electron chi connectivity index (χ2n) is 7.26. The molecule has 7 atom stereocenters. The van der Waals surface area contributed by atoms with Crippen molar-refractivity contribution >= 4 is 5.91 Å². The second kappa shape index (κ2) is 3.96. The molecule has 2 bridgehead atoms. The van der Waals surface area contributed by atoms with Gasteiger partial charge in [0.25, 0.3) is 0 Å². The minimum absolute atomic E-state index is 0.0455. The van der Waals surface area contributed by atoms with Gasteiger partial charge in [-0.05, 0) is 38.0 Å². The van der Waals surface area contributed by atoms with Crippen LogP contribution >= 0.6 is 0 Å². The van der Waals surface area contributed by atoms with E-state index in [-0.39, 0.29) is 24.0 Å². The molecule has 0 aromatic rings. The maximum Gasteiger partial charge on any atom is 0.225 e. The topological polar surface area (TPSA) is 56.8 Å². The van der Waals surface area contributed by atoms with Gasteiger partial charge in [-0.2, -0.15) is 0 Å². The average molecular weight is 281 g/mol. The minimum Gasteiger partial charge on any atom is -0.328 e. The van der Waals surface area contributed by atoms with Gasteiger partial charge in [0.15, 0.2) is 11.8 Å². The van der Waals surface area contributed by atoms with Gasteiger partial charge in [-0.1, -0.05) is 13.8 Å². The summed E-state index contributed by atoms with van der Waals surface area (Å²) in [6.07, 6.45) is 3.64. The van der Waals surface area contributed by atoms with Gasteiger partial charge in [-0.25, -0.2) is 9.78 Å². The highest BCUT2D eigenvalue weighted by Gasteiger charge is 2.68. The van der Waals surface area contributed by atoms with Crippen LogP contribution in [0.15, 0.2) is 0 Å². The first kappa shape index (κ1) is 13.0. The van der Waals surface area contributed by atoms with E-state index in [9.17, 15) is 4.79 Å². The van der Waals surface area contributed by atoms with Crippen molar-refractivity contribution in [2.75, 3.05) is 0 Å². The number of carbonyl (C=O) groups excluding carboxylic acids is 1. The summed E-state index contributed by atoms with van der Waals surface area (Å²) in [5.74, 6) is 0.452. The van der Waals surface area contributed by atoms with Crippen molar-refractivity contribution in [1.29, 1.82) is 0 Å². The summed E-state index contributed by atoms with van der Waals surface area (Å²) in [6, 6.07) is 0. The molecule has 1 amide bonds. The Balaban J connectivity index is 1.84. The molecule has 112 valence electrons. The fraction of sp³-hybridized carbons (Fsp3) is 0.933. The molecule has 5 heteroatoms. The molecule has 5 rings (SSSR count). The lowest BCUT2D eigenvalue weighted by molar-refractivity contribution is -0.538. The number of piperidine rings is 1. The molecule has 5 aliphatic rings. The Hall–Kier alpha value is -0.650. The van der Waals surface area contributed by atoms with E-state index in [2.05, 4.69) is 12.2 Å². The van der Waals surface area contributed by atoms with Crippen LogP contribution in [0.25, 0.3) is 0 Å². The Morgan fingerprint density at radius 2 is 1.95 bits per heavy atom. The summed E-state index contributed by atoms with van der Waals surface area (Å²) < 4.78 is 6.12. The lowest BCUT2D eigenvalue weighted by atomic mass is 9.57. The Bertz CT molecular complexity index is 455. The van der Waals surface area contributed by atoms with Crippen LogP contribution in [0.2, 0.25) is 0 Å². The molecule has 1 spiro atoms. The Labute approximate surface area is 119 Å². The quantitative estimate of drug-likeness (QED) is 0.690. The number of carbonyl (C=O) groups is 1. The zero-order chi connectivity index (χ0) is 14.1. The van der Waals surface area contributed by atoms with Crippen molar-refractivity contribution in [3.8, 4) is 0 Å². The Morgan fingerprint density at radius 1 is 1.15 bits per heavy atom. The predicted octanol–water partition coefficient (Wildman–Crippen LogP) is 1.97. The van der Waals surface area contributed by atoms with Gasteiger partial charge in [0.1, 0.15) is 0 Å². The zero-order valence-electron chi connectivity index (χ0n) is 12.3. The van der Waals surface area contributed by atoms with Gasteiger partial charge < -0.3 is 10.1 Å². The third kappa shape index (κ3) is 1.46. The molecular formula is C15H23NO4. The number of fused-ring (bicyclic) bond motifs is 2. The van der Waals surface area contributed by atoms with Gasteiger partial charge in [0.2, 0.25) is 11.7 Å². The van der Waals surface area contributed by atoms with Crippen LogP contribution in [0.4, 0.5) is 0 Å². The SMILES string of the molecule is C[C@@H]1CC[C@H]2[C@@H](C)C(=O)N[C@@H]3O[C@]4(C)CC[C@@H]1[C@@]32OO4. The van der Waals surface area contributed by atoms with E-state index in [1.165, 1.54) is 0 Å². The molecule has 5 nitrogen and oxygen atoms in total. The minimum atomic E-state index is -0.731. The van der Waals surface area contributed by atoms with Crippen LogP contribution in [0.1, 0.15) is 46.5 Å². The largest absolute Gasteiger partial charge is 0.328 e. The monoisotopic (exact) mass is 281 g/mol. The van der Waals surface area contributed by atoms with Gasteiger partial charge in [0.05, 0.1) is 0 Å². The van der Waals surface area contributed by atoms with E-state index in [0.717, 1.165) is 25.7 Å². The molecule has 0 aromatic heterocycles. The molecule has 4 aliphatic heterocycles. The number of rotatable bonds is 0. The molecule has 0 unspecified atom stereocenters. The van der Waals surface area contributed by atoms with E-state index in [1.54, 1.807) is 0 Å². The van der Waals surface area contributed by atoms with E-state index in [4.69, 9.17) is 14.5 Å². The summed E-state index contributed by atoms with van der Waals surface area (Å²) in [7, 11) is 0. The molecule has 4 saturated heterocycles. The van der Waals surface area contributed by atoms with Crippen molar-refractivity contribution in [2.45, 2.75) is 64.1 Å². The highest BCUT2D eigenvalue weighted by atomic mass is 17.3. The molecule has 0 aromatic carbocycles. The van der Waals surface area contributed by atoms with Crippen LogP contribution in [0.5, 0.6) is 0 Å². The van der Waals surface area contributed by atoms with Crippen molar-refractivity contribution in [3.63, 3.8) is 0 Å². The van der Waals surface area contributed by atoms with Gasteiger partial charge in [-0.15, -0.1) is 0 Å². The first-order valence-electron chi connectivity index (χ1n) is 7.81. The molecular weight excluding hydrogens is 258 g/mol. The number of hydrogen-bond donors (Lipinski definition) is 1. The van der Waals surface area contributed by atoms with Crippen molar-refractivity contribution in [3.05, 3.63) is 0 Å². The van der Waals surface area contributed by atoms with Gasteiger partial charge >= 0.3 is 0 Å². The van der Waals surface area contributed by atoms with Crippen LogP contribution in [-0.4, -0.2) is 23.5 Å². The van der Waals surface area contributed by atoms with Crippen LogP contribution in [-0.2, 0) is 19.3 Å². The third-order valence-electron chi connectivity index (χ3n) is 6.12. The molecule has 4 heterocycles. The average Bonchev–Trinajstić information content (AvgIpc) is 2.63. The van der Waals surface area contributed by atoms with E-state index >= 15 is 0 Å². The zero-order valence-corrected chi connectivity index (χ0v) is 12.3. The summed E-state index contributed by atoms with van der Waals surface area (Å²) in [5.41, 5.74) is -0.499. The van der Waals surface area contributed by atoms with E-state index in [0.29, 0.717) is 11.8 Å². The van der Waals surface area contributed by atoms with Gasteiger partial charge in [-0.3, -0.25) is 4.79 Å². The predicted molar refractivity (Wildman–Crippen MR) is 70.1 cm³/mol. The third-order valence-corrected chi connectivity index (χ3v) is 6.12. The normalized spacial score (nSPS) is 57.8. The smallest absolute Gasteiger partial charge is 0.225 e. The molecule has 0 radical (unpaired) electrons. The maximum atomic E-state index is 12.2. The molecule has 20 heavy (non-hydrogen) atoms. The fourth-order valence-electron chi connectivity index (χ4n) is 4.92. The van der Waals surface area contributed by atoms with Crippen molar-refractivity contribution in [2.24, 2.45) is 23.7 Å². The lowest BCUT2D eigenvalue weighted by Gasteiger charge is -2.58. The molecule has 1 saturated carbocycles. The highest BCUT2D eigenvalue weighted by Crippen LogP contribution is 2.58. The van der Waals surface area contributed by atoms with Crippen molar-refractivity contribution < 1.29 is 19.3 Å². The molecule has 5 fully saturated rings. The van der Waals surface area contributed by atoms with Crippen LogP contribution in [0, 0.1) is 23.7 Å². The lowest BCUT2D eigenvalue weighted by Crippen LogP contribution is -2.74.